The van der Waals surface area contributed by atoms with Crippen LogP contribution >= 0.6 is 11.6 Å². The van der Waals surface area contributed by atoms with Crippen LogP contribution < -0.4 is 16.0 Å². The third-order valence-corrected chi connectivity index (χ3v) is 3.13. The summed E-state index contributed by atoms with van der Waals surface area (Å²) in [4.78, 5) is 3.97. The van der Waals surface area contributed by atoms with E-state index in [2.05, 4.69) is 10.4 Å². The molecule has 1 aromatic carbocycles. The highest BCUT2D eigenvalue weighted by atomic mass is 35.5. The third kappa shape index (κ3) is 2.84. The zero-order chi connectivity index (χ0) is 13.8. The fourth-order valence-electron chi connectivity index (χ4n) is 1.88. The summed E-state index contributed by atoms with van der Waals surface area (Å²) in [5.74, 6) is 5.74. The van der Waals surface area contributed by atoms with E-state index in [4.69, 9.17) is 22.2 Å². The van der Waals surface area contributed by atoms with Crippen LogP contribution in [0.2, 0.25) is 5.02 Å². The molecular weight excluding hydrogens is 269 g/mol. The van der Waals surface area contributed by atoms with Gasteiger partial charge in [-0.2, -0.15) is 0 Å². The molecule has 2 aromatic rings. The molecule has 1 unspecified atom stereocenters. The maximum atomic E-state index is 13.4. The second-order valence-corrected chi connectivity index (χ2v) is 4.29. The number of aromatic nitrogens is 1. The second kappa shape index (κ2) is 5.97. The van der Waals surface area contributed by atoms with Gasteiger partial charge in [0.25, 0.3) is 0 Å². The zero-order valence-electron chi connectivity index (χ0n) is 10.2. The predicted molar refractivity (Wildman–Crippen MR) is 71.4 cm³/mol. The lowest BCUT2D eigenvalue weighted by molar-refractivity contribution is 0.402. The molecule has 100 valence electrons. The normalized spacial score (nSPS) is 12.2. The van der Waals surface area contributed by atoms with E-state index in [-0.39, 0.29) is 5.82 Å². The Morgan fingerprint density at radius 2 is 2.16 bits per heavy atom. The van der Waals surface area contributed by atoms with Crippen molar-refractivity contribution in [3.05, 3.63) is 58.6 Å². The van der Waals surface area contributed by atoms with Crippen LogP contribution in [0.4, 0.5) is 4.39 Å². The first-order chi connectivity index (χ1) is 9.17. The highest BCUT2D eigenvalue weighted by Gasteiger charge is 2.20. The van der Waals surface area contributed by atoms with Gasteiger partial charge in [-0.05, 0) is 29.8 Å². The van der Waals surface area contributed by atoms with Crippen LogP contribution in [0, 0.1) is 5.82 Å². The summed E-state index contributed by atoms with van der Waals surface area (Å²) < 4.78 is 18.6. The number of hydrogen-bond acceptors (Lipinski definition) is 4. The van der Waals surface area contributed by atoms with Crippen LogP contribution in [-0.2, 0) is 0 Å². The van der Waals surface area contributed by atoms with Crippen molar-refractivity contribution in [2.45, 2.75) is 6.04 Å². The van der Waals surface area contributed by atoms with E-state index in [1.165, 1.54) is 25.3 Å². The molecule has 6 heteroatoms. The van der Waals surface area contributed by atoms with E-state index in [0.717, 1.165) is 5.56 Å². The third-order valence-electron chi connectivity index (χ3n) is 2.78. The summed E-state index contributed by atoms with van der Waals surface area (Å²) in [6.07, 6.45) is 3.17. The number of hydrogen-bond donors (Lipinski definition) is 2. The number of nitrogens with two attached hydrogens (primary N) is 1. The molecule has 1 atom stereocenters. The molecule has 0 aliphatic heterocycles. The summed E-state index contributed by atoms with van der Waals surface area (Å²) >= 11 is 6.10. The molecule has 1 heterocycles. The largest absolute Gasteiger partial charge is 0.495 e. The van der Waals surface area contributed by atoms with Gasteiger partial charge in [0.1, 0.15) is 11.6 Å². The first kappa shape index (κ1) is 13.7. The molecule has 0 aliphatic carbocycles. The maximum absolute atomic E-state index is 13.4. The van der Waals surface area contributed by atoms with E-state index in [9.17, 15) is 4.39 Å². The lowest BCUT2D eigenvalue weighted by Gasteiger charge is -2.20. The van der Waals surface area contributed by atoms with Gasteiger partial charge in [0.15, 0.2) is 0 Å². The van der Waals surface area contributed by atoms with Gasteiger partial charge in [0.2, 0.25) is 0 Å². The molecular formula is C13H13ClFN3O. The van der Waals surface area contributed by atoms with Crippen LogP contribution in [0.5, 0.6) is 5.75 Å². The summed E-state index contributed by atoms with van der Waals surface area (Å²) in [7, 11) is 1.53. The van der Waals surface area contributed by atoms with Gasteiger partial charge in [0, 0.05) is 16.8 Å². The number of halogens is 2. The Morgan fingerprint density at radius 1 is 1.37 bits per heavy atom. The quantitative estimate of drug-likeness (QED) is 0.667. The Bertz CT molecular complexity index is 580. The van der Waals surface area contributed by atoms with Gasteiger partial charge in [-0.25, -0.2) is 9.82 Å². The number of benzene rings is 1. The number of nitrogens with one attached hydrogen (secondary N) is 1. The fraction of sp³-hybridized carbons (Fsp3) is 0.154. The lowest BCUT2D eigenvalue weighted by Crippen LogP contribution is -2.29. The molecule has 4 nitrogen and oxygen atoms in total. The van der Waals surface area contributed by atoms with Gasteiger partial charge < -0.3 is 4.74 Å². The van der Waals surface area contributed by atoms with Crippen molar-refractivity contribution in [2.75, 3.05) is 7.11 Å². The van der Waals surface area contributed by atoms with Crippen molar-refractivity contribution >= 4 is 11.6 Å². The molecule has 1 aromatic heterocycles. The lowest BCUT2D eigenvalue weighted by atomic mass is 9.99. The Labute approximate surface area is 115 Å². The molecule has 0 amide bonds. The fourth-order valence-corrected chi connectivity index (χ4v) is 2.11. The van der Waals surface area contributed by atoms with Crippen LogP contribution in [0.15, 0.2) is 36.7 Å². The van der Waals surface area contributed by atoms with Crippen molar-refractivity contribution in [2.24, 2.45) is 5.84 Å². The Morgan fingerprint density at radius 3 is 2.84 bits per heavy atom. The second-order valence-electron chi connectivity index (χ2n) is 3.88. The minimum absolute atomic E-state index is 0.382. The standard InChI is InChI=1S/C13H13ClFN3O/c1-19-12-7-17-5-4-9(12)13(18-16)10-6-8(15)2-3-11(10)14/h2-7,13,18H,16H2,1H3. The van der Waals surface area contributed by atoms with E-state index in [0.29, 0.717) is 16.3 Å². The number of pyridine rings is 1. The number of rotatable bonds is 4. The van der Waals surface area contributed by atoms with Crippen molar-refractivity contribution in [1.82, 2.24) is 10.4 Å². The van der Waals surface area contributed by atoms with Crippen LogP contribution in [0.1, 0.15) is 17.2 Å². The van der Waals surface area contributed by atoms with Gasteiger partial charge in [0.05, 0.1) is 19.3 Å². The molecule has 0 fully saturated rings. The first-order valence-corrected chi connectivity index (χ1v) is 5.94. The predicted octanol–water partition coefficient (Wildman–Crippen LogP) is 2.44. The molecule has 19 heavy (non-hydrogen) atoms. The van der Waals surface area contributed by atoms with Crippen LogP contribution in [0.25, 0.3) is 0 Å². The molecule has 0 saturated heterocycles. The SMILES string of the molecule is COc1cnccc1C(NN)c1cc(F)ccc1Cl. The van der Waals surface area contributed by atoms with Gasteiger partial charge >= 0.3 is 0 Å². The van der Waals surface area contributed by atoms with Gasteiger partial charge in [-0.15, -0.1) is 0 Å². The smallest absolute Gasteiger partial charge is 0.142 e. The molecule has 0 spiro atoms. The van der Waals surface area contributed by atoms with E-state index in [1.807, 2.05) is 0 Å². The summed E-state index contributed by atoms with van der Waals surface area (Å²) in [6, 6.07) is 5.38. The minimum atomic E-state index is -0.485. The van der Waals surface area contributed by atoms with Crippen molar-refractivity contribution < 1.29 is 9.13 Å². The zero-order valence-corrected chi connectivity index (χ0v) is 11.0. The average molecular weight is 282 g/mol. The van der Waals surface area contributed by atoms with Gasteiger partial charge in [-0.3, -0.25) is 10.8 Å². The van der Waals surface area contributed by atoms with E-state index >= 15 is 0 Å². The first-order valence-electron chi connectivity index (χ1n) is 5.56. The molecule has 3 N–H and O–H groups in total. The Kier molecular flexibility index (Phi) is 4.31. The highest BCUT2D eigenvalue weighted by Crippen LogP contribution is 2.32. The molecule has 2 rings (SSSR count). The maximum Gasteiger partial charge on any atom is 0.142 e. The van der Waals surface area contributed by atoms with Crippen LogP contribution in [0.3, 0.4) is 0 Å². The minimum Gasteiger partial charge on any atom is -0.495 e. The molecule has 0 saturated carbocycles. The van der Waals surface area contributed by atoms with Crippen LogP contribution in [-0.4, -0.2) is 12.1 Å². The molecule has 0 bridgehead atoms. The number of methoxy groups -OCH3 is 1. The van der Waals surface area contributed by atoms with E-state index < -0.39 is 6.04 Å². The topological polar surface area (TPSA) is 60.2 Å². The summed E-state index contributed by atoms with van der Waals surface area (Å²) in [5, 5.41) is 0.420. The summed E-state index contributed by atoms with van der Waals surface area (Å²) in [6.45, 7) is 0. The Hall–Kier alpha value is -1.69. The average Bonchev–Trinajstić information content (AvgIpc) is 2.44. The van der Waals surface area contributed by atoms with Crippen molar-refractivity contribution in [3.8, 4) is 5.75 Å². The number of hydrazine groups is 1. The molecule has 0 radical (unpaired) electrons. The van der Waals surface area contributed by atoms with Gasteiger partial charge in [-0.1, -0.05) is 11.6 Å². The van der Waals surface area contributed by atoms with Crippen molar-refractivity contribution in [3.63, 3.8) is 0 Å². The molecule has 0 aliphatic rings. The van der Waals surface area contributed by atoms with E-state index in [1.54, 1.807) is 18.5 Å². The van der Waals surface area contributed by atoms with Crippen molar-refractivity contribution in [1.29, 1.82) is 0 Å². The Balaban J connectivity index is 2.53. The number of nitrogens with zero attached hydrogens (tertiary/aromatic N) is 1. The summed E-state index contributed by atoms with van der Waals surface area (Å²) in [5.41, 5.74) is 3.88. The number of ether oxygens (including phenoxy) is 1. The monoisotopic (exact) mass is 281 g/mol. The highest BCUT2D eigenvalue weighted by molar-refractivity contribution is 6.31.